The number of carbonyl (C=O) groups is 1. The van der Waals surface area contributed by atoms with Crippen molar-refractivity contribution in [1.29, 1.82) is 0 Å². The molecule has 1 aliphatic rings. The molecular weight excluding hydrogens is 238 g/mol. The van der Waals surface area contributed by atoms with E-state index in [9.17, 15) is 9.90 Å². The summed E-state index contributed by atoms with van der Waals surface area (Å²) in [6.45, 7) is 6.47. The number of benzene rings is 1. The zero-order valence-electron chi connectivity index (χ0n) is 11.9. The van der Waals surface area contributed by atoms with Crippen LogP contribution in [0.1, 0.15) is 42.1 Å². The highest BCUT2D eigenvalue weighted by Crippen LogP contribution is 2.21. The van der Waals surface area contributed by atoms with Gasteiger partial charge in [0.05, 0.1) is 5.60 Å². The summed E-state index contributed by atoms with van der Waals surface area (Å²) in [4.78, 5) is 14.3. The molecule has 1 fully saturated rings. The Kier molecular flexibility index (Phi) is 4.38. The lowest BCUT2D eigenvalue weighted by molar-refractivity contribution is -0.00506. The van der Waals surface area contributed by atoms with Crippen LogP contribution in [0, 0.1) is 6.92 Å². The average molecular weight is 261 g/mol. The number of piperidine rings is 1. The first kappa shape index (κ1) is 14.2. The minimum Gasteiger partial charge on any atom is -0.390 e. The summed E-state index contributed by atoms with van der Waals surface area (Å²) in [7, 11) is 0. The smallest absolute Gasteiger partial charge is 0.164 e. The van der Waals surface area contributed by atoms with Crippen molar-refractivity contribution in [2.45, 2.75) is 38.7 Å². The van der Waals surface area contributed by atoms with Gasteiger partial charge in [0.1, 0.15) is 0 Å². The van der Waals surface area contributed by atoms with Crippen molar-refractivity contribution in [1.82, 2.24) is 4.90 Å². The predicted molar refractivity (Wildman–Crippen MR) is 76.4 cm³/mol. The normalized spacial score (nSPS) is 19.3. The fraction of sp³-hybridized carbons (Fsp3) is 0.562. The highest BCUT2D eigenvalue weighted by molar-refractivity contribution is 5.96. The Bertz CT molecular complexity index is 427. The second-order valence-corrected chi connectivity index (χ2v) is 5.88. The van der Waals surface area contributed by atoms with Crippen LogP contribution >= 0.6 is 0 Å². The molecule has 1 N–H and O–H groups in total. The Hall–Kier alpha value is -1.19. The first-order valence-corrected chi connectivity index (χ1v) is 7.01. The fourth-order valence-electron chi connectivity index (χ4n) is 2.40. The summed E-state index contributed by atoms with van der Waals surface area (Å²) < 4.78 is 0. The Morgan fingerprint density at radius 3 is 2.42 bits per heavy atom. The fourth-order valence-corrected chi connectivity index (χ4v) is 2.40. The summed E-state index contributed by atoms with van der Waals surface area (Å²) in [6.07, 6.45) is 2.16. The van der Waals surface area contributed by atoms with Gasteiger partial charge >= 0.3 is 0 Å². The first-order valence-electron chi connectivity index (χ1n) is 7.01. The van der Waals surface area contributed by atoms with Crippen molar-refractivity contribution >= 4 is 5.78 Å². The summed E-state index contributed by atoms with van der Waals surface area (Å²) in [6, 6.07) is 7.76. The van der Waals surface area contributed by atoms with Gasteiger partial charge in [-0.15, -0.1) is 0 Å². The molecule has 1 aromatic rings. The van der Waals surface area contributed by atoms with Crippen molar-refractivity contribution in [3.8, 4) is 0 Å². The number of nitrogens with zero attached hydrogens (tertiary/aromatic N) is 1. The third-order valence-electron chi connectivity index (χ3n) is 3.96. The van der Waals surface area contributed by atoms with Crippen molar-refractivity contribution in [2.24, 2.45) is 0 Å². The molecule has 1 aliphatic heterocycles. The number of likely N-dealkylation sites (tertiary alicyclic amines) is 1. The number of hydrogen-bond donors (Lipinski definition) is 1. The summed E-state index contributed by atoms with van der Waals surface area (Å²) in [5, 5.41) is 9.88. The van der Waals surface area contributed by atoms with Gasteiger partial charge < -0.3 is 10.0 Å². The van der Waals surface area contributed by atoms with E-state index in [1.807, 2.05) is 38.1 Å². The van der Waals surface area contributed by atoms with Gasteiger partial charge in [-0.25, -0.2) is 0 Å². The second kappa shape index (κ2) is 5.85. The van der Waals surface area contributed by atoms with Gasteiger partial charge in [0.15, 0.2) is 5.78 Å². The summed E-state index contributed by atoms with van der Waals surface area (Å²) in [5.41, 5.74) is 1.46. The topological polar surface area (TPSA) is 40.5 Å². The molecule has 1 aromatic carbocycles. The van der Waals surface area contributed by atoms with E-state index in [0.29, 0.717) is 6.42 Å². The van der Waals surface area contributed by atoms with Gasteiger partial charge in [0, 0.05) is 31.6 Å². The Labute approximate surface area is 115 Å². The Morgan fingerprint density at radius 1 is 1.26 bits per heavy atom. The van der Waals surface area contributed by atoms with Crippen LogP contribution in [0.2, 0.25) is 0 Å². The maximum absolute atomic E-state index is 12.0. The number of aliphatic hydroxyl groups is 1. The zero-order chi connectivity index (χ0) is 13.9. The quantitative estimate of drug-likeness (QED) is 0.846. The molecule has 0 aliphatic carbocycles. The lowest BCUT2D eigenvalue weighted by atomic mass is 9.93. The number of hydrogen-bond acceptors (Lipinski definition) is 3. The van der Waals surface area contributed by atoms with E-state index in [4.69, 9.17) is 0 Å². The third-order valence-corrected chi connectivity index (χ3v) is 3.96. The molecule has 0 aromatic heterocycles. The van der Waals surface area contributed by atoms with Crippen LogP contribution in [-0.2, 0) is 0 Å². The maximum atomic E-state index is 12.0. The molecule has 0 bridgehead atoms. The summed E-state index contributed by atoms with van der Waals surface area (Å²) >= 11 is 0. The lowest BCUT2D eigenvalue weighted by Gasteiger charge is -2.35. The maximum Gasteiger partial charge on any atom is 0.164 e. The minimum atomic E-state index is -0.516. The van der Waals surface area contributed by atoms with E-state index < -0.39 is 5.60 Å². The highest BCUT2D eigenvalue weighted by Gasteiger charge is 2.27. The molecule has 2 rings (SSSR count). The third kappa shape index (κ3) is 4.15. The van der Waals surface area contributed by atoms with Crippen LogP contribution in [0.5, 0.6) is 0 Å². The molecule has 1 heterocycles. The van der Waals surface area contributed by atoms with Crippen LogP contribution in [0.4, 0.5) is 0 Å². The zero-order valence-corrected chi connectivity index (χ0v) is 11.9. The van der Waals surface area contributed by atoms with Gasteiger partial charge in [0.2, 0.25) is 0 Å². The van der Waals surface area contributed by atoms with Gasteiger partial charge in [0.25, 0.3) is 0 Å². The second-order valence-electron chi connectivity index (χ2n) is 5.88. The first-order chi connectivity index (χ1) is 8.96. The molecule has 104 valence electrons. The van der Waals surface area contributed by atoms with Crippen LogP contribution in [-0.4, -0.2) is 41.0 Å². The average Bonchev–Trinajstić information content (AvgIpc) is 2.38. The monoisotopic (exact) mass is 261 g/mol. The molecule has 0 saturated carbocycles. The van der Waals surface area contributed by atoms with Gasteiger partial charge in [-0.2, -0.15) is 0 Å². The standard InChI is InChI=1S/C16H23NO2/c1-13-3-5-14(6-4-13)15(18)7-10-17-11-8-16(2,19)9-12-17/h3-6,19H,7-12H2,1-2H3. The van der Waals surface area contributed by atoms with Crippen LogP contribution in [0.15, 0.2) is 24.3 Å². The number of ketones is 1. The number of Topliss-reactive ketones (excluding diaryl/α,β-unsaturated/α-hetero) is 1. The van der Waals surface area contributed by atoms with E-state index in [1.54, 1.807) is 0 Å². The SMILES string of the molecule is Cc1ccc(C(=O)CCN2CCC(C)(O)CC2)cc1. The lowest BCUT2D eigenvalue weighted by Crippen LogP contribution is -2.43. The molecule has 0 amide bonds. The van der Waals surface area contributed by atoms with Gasteiger partial charge in [-0.1, -0.05) is 29.8 Å². The number of rotatable bonds is 4. The van der Waals surface area contributed by atoms with Gasteiger partial charge in [-0.05, 0) is 26.7 Å². The van der Waals surface area contributed by atoms with Gasteiger partial charge in [-0.3, -0.25) is 4.79 Å². The largest absolute Gasteiger partial charge is 0.390 e. The number of aryl methyl sites for hydroxylation is 1. The van der Waals surface area contributed by atoms with E-state index in [-0.39, 0.29) is 5.78 Å². The van der Waals surface area contributed by atoms with Crippen LogP contribution < -0.4 is 0 Å². The molecule has 19 heavy (non-hydrogen) atoms. The molecule has 0 radical (unpaired) electrons. The molecule has 3 heteroatoms. The summed E-state index contributed by atoms with van der Waals surface area (Å²) in [5.74, 6) is 0.206. The molecule has 1 saturated heterocycles. The van der Waals surface area contributed by atoms with Crippen LogP contribution in [0.3, 0.4) is 0 Å². The van der Waals surface area contributed by atoms with Crippen molar-refractivity contribution in [2.75, 3.05) is 19.6 Å². The van der Waals surface area contributed by atoms with E-state index in [2.05, 4.69) is 4.90 Å². The van der Waals surface area contributed by atoms with E-state index in [0.717, 1.165) is 38.0 Å². The van der Waals surface area contributed by atoms with Crippen molar-refractivity contribution in [3.63, 3.8) is 0 Å². The van der Waals surface area contributed by atoms with E-state index >= 15 is 0 Å². The van der Waals surface area contributed by atoms with E-state index in [1.165, 1.54) is 5.56 Å². The van der Waals surface area contributed by atoms with Crippen LogP contribution in [0.25, 0.3) is 0 Å². The Balaban J connectivity index is 1.80. The predicted octanol–water partition coefficient (Wildman–Crippen LogP) is 2.41. The highest BCUT2D eigenvalue weighted by atomic mass is 16.3. The molecule has 0 atom stereocenters. The molecule has 0 unspecified atom stereocenters. The number of carbonyl (C=O) groups excluding carboxylic acids is 1. The molecule has 3 nitrogen and oxygen atoms in total. The minimum absolute atomic E-state index is 0.206. The van der Waals surface area contributed by atoms with Crippen molar-refractivity contribution < 1.29 is 9.90 Å². The molecule has 0 spiro atoms. The molecular formula is C16H23NO2. The Morgan fingerprint density at radius 2 is 1.84 bits per heavy atom. The van der Waals surface area contributed by atoms with Crippen molar-refractivity contribution in [3.05, 3.63) is 35.4 Å².